The Morgan fingerprint density at radius 3 is 2.55 bits per heavy atom. The number of aliphatic carboxylic acids is 1. The highest BCUT2D eigenvalue weighted by atomic mass is 35.5. The molecule has 0 fully saturated rings. The van der Waals surface area contributed by atoms with Crippen molar-refractivity contribution in [3.63, 3.8) is 0 Å². The maximum absolute atomic E-state index is 12.3. The molecule has 0 saturated heterocycles. The number of tetrazole rings is 1. The molecular weight excluding hydrogens is 424 g/mol. The molecule has 1 amide bonds. The predicted molar refractivity (Wildman–Crippen MR) is 112 cm³/mol. The van der Waals surface area contributed by atoms with Crippen molar-refractivity contribution in [3.05, 3.63) is 64.4 Å². The standard InChI is InChI=1S/C20H21ClN6O4/c1-12-3-8-15(21)9-16(12)14-6-4-13(5-7-14)10-27(11-20(2,31)19(29)30)24-18(28)17-22-25-26-23-17/h3-9,31H,10-11H2,1-2H3,(H,24,28)(H,29,30)(H,22,23,25,26)/t20-/m1/s1. The van der Waals surface area contributed by atoms with Gasteiger partial charge in [-0.05, 0) is 53.4 Å². The lowest BCUT2D eigenvalue weighted by Gasteiger charge is -2.28. The zero-order valence-corrected chi connectivity index (χ0v) is 17.6. The fourth-order valence-electron chi connectivity index (χ4n) is 2.94. The summed E-state index contributed by atoms with van der Waals surface area (Å²) in [5.41, 5.74) is 4.22. The van der Waals surface area contributed by atoms with Crippen LogP contribution in [0.15, 0.2) is 42.5 Å². The minimum Gasteiger partial charge on any atom is -0.479 e. The molecule has 3 aromatic rings. The second-order valence-corrected chi connectivity index (χ2v) is 7.70. The Morgan fingerprint density at radius 1 is 1.23 bits per heavy atom. The van der Waals surface area contributed by atoms with Gasteiger partial charge in [-0.1, -0.05) is 41.9 Å². The monoisotopic (exact) mass is 444 g/mol. The van der Waals surface area contributed by atoms with Crippen molar-refractivity contribution < 1.29 is 19.8 Å². The molecule has 0 radical (unpaired) electrons. The molecular formula is C20H21ClN6O4. The van der Waals surface area contributed by atoms with Gasteiger partial charge < -0.3 is 10.2 Å². The molecule has 0 aliphatic rings. The van der Waals surface area contributed by atoms with E-state index in [0.29, 0.717) is 5.02 Å². The maximum Gasteiger partial charge on any atom is 0.336 e. The third-order valence-electron chi connectivity index (χ3n) is 4.61. The second-order valence-electron chi connectivity index (χ2n) is 7.27. The average molecular weight is 445 g/mol. The Kier molecular flexibility index (Phi) is 6.64. The van der Waals surface area contributed by atoms with Crippen LogP contribution in [-0.4, -0.2) is 59.9 Å². The predicted octanol–water partition coefficient (Wildman–Crippen LogP) is 1.81. The van der Waals surface area contributed by atoms with Gasteiger partial charge in [-0.25, -0.2) is 9.80 Å². The van der Waals surface area contributed by atoms with E-state index < -0.39 is 17.5 Å². The number of carbonyl (C=O) groups excluding carboxylic acids is 1. The van der Waals surface area contributed by atoms with E-state index in [2.05, 4.69) is 26.0 Å². The summed E-state index contributed by atoms with van der Waals surface area (Å²) < 4.78 is 0. The van der Waals surface area contributed by atoms with Gasteiger partial charge in [0, 0.05) is 11.6 Å². The molecule has 2 aromatic carbocycles. The first-order chi connectivity index (χ1) is 14.7. The van der Waals surface area contributed by atoms with Gasteiger partial charge in [0.15, 0.2) is 5.60 Å². The van der Waals surface area contributed by atoms with Gasteiger partial charge in [-0.3, -0.25) is 10.2 Å². The number of benzene rings is 2. The smallest absolute Gasteiger partial charge is 0.336 e. The topological polar surface area (TPSA) is 144 Å². The van der Waals surface area contributed by atoms with Crippen molar-refractivity contribution in [2.45, 2.75) is 26.0 Å². The number of aromatic amines is 1. The van der Waals surface area contributed by atoms with Crippen LogP contribution in [0.2, 0.25) is 5.02 Å². The van der Waals surface area contributed by atoms with E-state index in [4.69, 9.17) is 11.6 Å². The highest BCUT2D eigenvalue weighted by Gasteiger charge is 2.33. The number of hydrazine groups is 1. The van der Waals surface area contributed by atoms with Crippen LogP contribution in [0.25, 0.3) is 11.1 Å². The van der Waals surface area contributed by atoms with Gasteiger partial charge >= 0.3 is 11.9 Å². The summed E-state index contributed by atoms with van der Waals surface area (Å²) in [6, 6.07) is 13.2. The number of nitrogens with zero attached hydrogens (tertiary/aromatic N) is 4. The van der Waals surface area contributed by atoms with E-state index in [-0.39, 0.29) is 18.9 Å². The Hall–Kier alpha value is -3.34. The quantitative estimate of drug-likeness (QED) is 0.385. The molecule has 1 atom stereocenters. The Morgan fingerprint density at radius 2 is 1.94 bits per heavy atom. The van der Waals surface area contributed by atoms with Crippen molar-refractivity contribution in [1.29, 1.82) is 0 Å². The number of aryl methyl sites for hydroxylation is 1. The first-order valence-electron chi connectivity index (χ1n) is 9.26. The number of H-pyrrole nitrogens is 1. The molecule has 0 unspecified atom stereocenters. The van der Waals surface area contributed by atoms with Crippen LogP contribution in [0, 0.1) is 6.92 Å². The zero-order valence-electron chi connectivity index (χ0n) is 16.8. The number of carboxylic acid groups (broad SMARTS) is 1. The number of halogens is 1. The number of aliphatic hydroxyl groups is 1. The molecule has 11 heteroatoms. The number of carbonyl (C=O) groups is 2. The van der Waals surface area contributed by atoms with E-state index in [1.165, 1.54) is 5.01 Å². The van der Waals surface area contributed by atoms with Crippen molar-refractivity contribution in [2.75, 3.05) is 6.54 Å². The molecule has 0 aliphatic heterocycles. The summed E-state index contributed by atoms with van der Waals surface area (Å²) in [6.45, 7) is 2.89. The van der Waals surface area contributed by atoms with Crippen molar-refractivity contribution >= 4 is 23.5 Å². The average Bonchev–Trinajstić information content (AvgIpc) is 3.25. The second kappa shape index (κ2) is 9.21. The van der Waals surface area contributed by atoms with Crippen molar-refractivity contribution in [3.8, 4) is 11.1 Å². The zero-order chi connectivity index (χ0) is 22.6. The van der Waals surface area contributed by atoms with Crippen LogP contribution in [0.3, 0.4) is 0 Å². The highest BCUT2D eigenvalue weighted by Crippen LogP contribution is 2.27. The van der Waals surface area contributed by atoms with Crippen molar-refractivity contribution in [2.24, 2.45) is 0 Å². The molecule has 0 spiro atoms. The fraction of sp³-hybridized carbons (Fsp3) is 0.250. The number of aromatic nitrogens is 4. The summed E-state index contributed by atoms with van der Waals surface area (Å²) in [5.74, 6) is -2.33. The van der Waals surface area contributed by atoms with E-state index in [1.54, 1.807) is 0 Å². The molecule has 162 valence electrons. The summed E-state index contributed by atoms with van der Waals surface area (Å²) in [5, 5.41) is 34.0. The van der Waals surface area contributed by atoms with Crippen LogP contribution in [-0.2, 0) is 11.3 Å². The molecule has 0 aliphatic carbocycles. The molecule has 0 saturated carbocycles. The summed E-state index contributed by atoms with van der Waals surface area (Å²) >= 11 is 6.11. The molecule has 0 bridgehead atoms. The number of nitrogens with one attached hydrogen (secondary N) is 2. The summed E-state index contributed by atoms with van der Waals surface area (Å²) in [7, 11) is 0. The van der Waals surface area contributed by atoms with Gasteiger partial charge in [-0.2, -0.15) is 5.21 Å². The van der Waals surface area contributed by atoms with Crippen LogP contribution in [0.5, 0.6) is 0 Å². The van der Waals surface area contributed by atoms with Gasteiger partial charge in [0.2, 0.25) is 0 Å². The van der Waals surface area contributed by atoms with Gasteiger partial charge in [-0.15, -0.1) is 10.2 Å². The van der Waals surface area contributed by atoms with E-state index in [0.717, 1.165) is 29.2 Å². The molecule has 1 aromatic heterocycles. The van der Waals surface area contributed by atoms with Gasteiger partial charge in [0.1, 0.15) is 0 Å². The summed E-state index contributed by atoms with van der Waals surface area (Å²) in [6.07, 6.45) is 0. The number of hydrogen-bond acceptors (Lipinski definition) is 7. The SMILES string of the molecule is Cc1ccc(Cl)cc1-c1ccc(CN(C[C@@](C)(O)C(=O)O)NC(=O)c2nn[nH]n2)cc1. The molecule has 31 heavy (non-hydrogen) atoms. The van der Waals surface area contributed by atoms with Crippen LogP contribution in [0.1, 0.15) is 28.7 Å². The molecule has 1 heterocycles. The maximum atomic E-state index is 12.3. The third-order valence-corrected chi connectivity index (χ3v) is 4.84. The lowest BCUT2D eigenvalue weighted by atomic mass is 9.99. The molecule has 10 nitrogen and oxygen atoms in total. The first-order valence-corrected chi connectivity index (χ1v) is 9.64. The Labute approximate surface area is 182 Å². The summed E-state index contributed by atoms with van der Waals surface area (Å²) in [4.78, 5) is 23.6. The minimum atomic E-state index is -2.09. The van der Waals surface area contributed by atoms with Crippen LogP contribution < -0.4 is 5.43 Å². The van der Waals surface area contributed by atoms with Crippen LogP contribution in [0.4, 0.5) is 0 Å². The highest BCUT2D eigenvalue weighted by molar-refractivity contribution is 6.30. The van der Waals surface area contributed by atoms with E-state index >= 15 is 0 Å². The fourth-order valence-corrected chi connectivity index (χ4v) is 3.11. The lowest BCUT2D eigenvalue weighted by molar-refractivity contribution is -0.159. The van der Waals surface area contributed by atoms with Crippen LogP contribution >= 0.6 is 11.6 Å². The third kappa shape index (κ3) is 5.63. The van der Waals surface area contributed by atoms with Crippen molar-refractivity contribution in [1.82, 2.24) is 31.1 Å². The lowest BCUT2D eigenvalue weighted by Crippen LogP contribution is -2.52. The minimum absolute atomic E-state index is 0.127. The Balaban J connectivity index is 1.80. The van der Waals surface area contributed by atoms with Gasteiger partial charge in [0.25, 0.3) is 5.82 Å². The van der Waals surface area contributed by atoms with E-state index in [1.807, 2.05) is 49.4 Å². The number of rotatable bonds is 8. The molecule has 4 N–H and O–H groups in total. The number of hydrogen-bond donors (Lipinski definition) is 4. The van der Waals surface area contributed by atoms with E-state index in [9.17, 15) is 19.8 Å². The van der Waals surface area contributed by atoms with Gasteiger partial charge in [0.05, 0.1) is 6.54 Å². The largest absolute Gasteiger partial charge is 0.479 e. The first kappa shape index (κ1) is 22.3. The number of carboxylic acids is 1. The normalized spacial score (nSPS) is 13.1. The number of amides is 1. The molecule has 3 rings (SSSR count). The Bertz CT molecular complexity index is 1070.